The predicted molar refractivity (Wildman–Crippen MR) is 136 cm³/mol. The Morgan fingerprint density at radius 3 is 2.71 bits per heavy atom. The van der Waals surface area contributed by atoms with Crippen molar-refractivity contribution in [3.05, 3.63) is 63.9 Å². The van der Waals surface area contributed by atoms with Gasteiger partial charge in [-0.3, -0.25) is 9.36 Å². The van der Waals surface area contributed by atoms with Gasteiger partial charge in [0.25, 0.3) is 5.56 Å². The van der Waals surface area contributed by atoms with Crippen LogP contribution in [0.15, 0.2) is 52.6 Å². The first-order valence-electron chi connectivity index (χ1n) is 11.1. The van der Waals surface area contributed by atoms with E-state index < -0.39 is 5.83 Å². The second-order valence-corrected chi connectivity index (χ2v) is 9.05. The fourth-order valence-corrected chi connectivity index (χ4v) is 4.64. The van der Waals surface area contributed by atoms with E-state index in [1.54, 1.807) is 38.4 Å². The largest absolute Gasteiger partial charge is 0.496 e. The fourth-order valence-electron chi connectivity index (χ4n) is 4.25. The van der Waals surface area contributed by atoms with Crippen molar-refractivity contribution in [3.8, 4) is 22.9 Å². The van der Waals surface area contributed by atoms with E-state index in [1.807, 2.05) is 17.0 Å². The molecule has 2 aliphatic rings. The molecule has 34 heavy (non-hydrogen) atoms. The zero-order chi connectivity index (χ0) is 24.4. The van der Waals surface area contributed by atoms with Crippen molar-refractivity contribution in [2.24, 2.45) is 12.8 Å². The highest BCUT2D eigenvalue weighted by molar-refractivity contribution is 7.27. The average Bonchev–Trinajstić information content (AvgIpc) is 3.02. The Hall–Kier alpha value is -3.27. The highest BCUT2D eigenvalue weighted by atomic mass is 31.0. The van der Waals surface area contributed by atoms with E-state index in [9.17, 15) is 14.4 Å². The van der Waals surface area contributed by atoms with Gasteiger partial charge in [-0.2, -0.15) is 5.26 Å². The Balaban J connectivity index is 1.97. The minimum absolute atomic E-state index is 0.0403. The van der Waals surface area contributed by atoms with E-state index in [-0.39, 0.29) is 23.6 Å². The molecule has 1 fully saturated rings. The Bertz CT molecular complexity index is 1310. The third kappa shape index (κ3) is 4.54. The van der Waals surface area contributed by atoms with E-state index in [4.69, 9.17) is 15.5 Å². The number of aromatic nitrogens is 2. The molecule has 9 heteroatoms. The second-order valence-electron chi connectivity index (χ2n) is 8.43. The van der Waals surface area contributed by atoms with Crippen LogP contribution in [0.1, 0.15) is 25.0 Å². The number of hydrogen-bond acceptors (Lipinski definition) is 6. The van der Waals surface area contributed by atoms with Crippen molar-refractivity contribution in [2.75, 3.05) is 25.1 Å². The second kappa shape index (κ2) is 9.92. The van der Waals surface area contributed by atoms with Gasteiger partial charge in [0, 0.05) is 43.5 Å². The van der Waals surface area contributed by atoms with Crippen LogP contribution in [0.5, 0.6) is 5.75 Å². The maximum Gasteiger partial charge on any atom is 0.263 e. The van der Waals surface area contributed by atoms with Crippen molar-refractivity contribution in [3.63, 3.8) is 0 Å². The van der Waals surface area contributed by atoms with Crippen molar-refractivity contribution in [1.29, 1.82) is 5.26 Å². The lowest BCUT2D eigenvalue weighted by molar-refractivity contribution is 0.418. The molecule has 1 aliphatic heterocycles. The van der Waals surface area contributed by atoms with Gasteiger partial charge < -0.3 is 15.4 Å². The number of allylic oxidation sites excluding steroid dienone is 6. The fraction of sp³-hybridized carbons (Fsp3) is 0.320. The van der Waals surface area contributed by atoms with Gasteiger partial charge in [0.2, 0.25) is 5.95 Å². The molecular weight excluding hydrogens is 452 g/mol. The maximum atomic E-state index is 14.8. The van der Waals surface area contributed by atoms with Gasteiger partial charge in [-0.1, -0.05) is 18.2 Å². The van der Waals surface area contributed by atoms with Crippen LogP contribution in [0.2, 0.25) is 0 Å². The summed E-state index contributed by atoms with van der Waals surface area (Å²) in [6, 6.07) is 7.44. The molecular formula is C25H27FN5O2P. The van der Waals surface area contributed by atoms with Crippen LogP contribution < -0.4 is 26.2 Å². The lowest BCUT2D eigenvalue weighted by Gasteiger charge is -2.32. The number of ether oxygens (including phenoxy) is 1. The molecule has 2 heterocycles. The number of rotatable bonds is 4. The van der Waals surface area contributed by atoms with Gasteiger partial charge in [0.05, 0.1) is 30.0 Å². The van der Waals surface area contributed by atoms with E-state index in [1.165, 1.54) is 10.6 Å². The summed E-state index contributed by atoms with van der Waals surface area (Å²) in [6.07, 6.45) is 6.50. The van der Waals surface area contributed by atoms with Crippen molar-refractivity contribution in [2.45, 2.75) is 25.3 Å². The lowest BCUT2D eigenvalue weighted by atomic mass is 9.99. The molecule has 2 N–H and O–H groups in total. The number of nitrogens with zero attached hydrogens (tertiary/aromatic N) is 4. The third-order valence-electron chi connectivity index (χ3n) is 6.21. The zero-order valence-electron chi connectivity index (χ0n) is 19.2. The molecule has 1 atom stereocenters. The van der Waals surface area contributed by atoms with Crippen LogP contribution in [0.25, 0.3) is 16.7 Å². The van der Waals surface area contributed by atoms with Gasteiger partial charge in [-0.25, -0.2) is 9.37 Å². The summed E-state index contributed by atoms with van der Waals surface area (Å²) >= 11 is 0. The minimum Gasteiger partial charge on any atom is -0.496 e. The molecule has 1 aliphatic carbocycles. The Labute approximate surface area is 200 Å². The molecule has 4 rings (SSSR count). The molecule has 7 nitrogen and oxygen atoms in total. The molecule has 1 aromatic heterocycles. The summed E-state index contributed by atoms with van der Waals surface area (Å²) in [5.74, 6) is 0.559. The number of nitriles is 1. The summed E-state index contributed by atoms with van der Waals surface area (Å²) in [5, 5.41) is 10.0. The van der Waals surface area contributed by atoms with E-state index in [0.29, 0.717) is 47.2 Å². The summed E-state index contributed by atoms with van der Waals surface area (Å²) < 4.78 is 21.7. The summed E-state index contributed by atoms with van der Waals surface area (Å²) in [4.78, 5) is 20.7. The molecule has 0 amide bonds. The molecule has 1 saturated heterocycles. The van der Waals surface area contributed by atoms with E-state index in [2.05, 4.69) is 9.24 Å². The molecule has 2 aromatic rings. The first-order valence-corrected chi connectivity index (χ1v) is 11.6. The number of halogens is 1. The smallest absolute Gasteiger partial charge is 0.263 e. The Kier molecular flexibility index (Phi) is 6.97. The minimum atomic E-state index is -0.622. The van der Waals surface area contributed by atoms with E-state index >= 15 is 0 Å². The maximum absolute atomic E-state index is 14.8. The highest BCUT2D eigenvalue weighted by Gasteiger charge is 2.25. The number of benzene rings is 1. The van der Waals surface area contributed by atoms with Crippen LogP contribution in [0.4, 0.5) is 10.3 Å². The molecule has 0 saturated carbocycles. The Morgan fingerprint density at radius 1 is 1.32 bits per heavy atom. The third-order valence-corrected chi connectivity index (χ3v) is 6.66. The van der Waals surface area contributed by atoms with Crippen molar-refractivity contribution in [1.82, 2.24) is 9.55 Å². The quantitative estimate of drug-likeness (QED) is 0.678. The van der Waals surface area contributed by atoms with E-state index in [0.717, 1.165) is 18.1 Å². The highest BCUT2D eigenvalue weighted by Crippen LogP contribution is 2.32. The van der Waals surface area contributed by atoms with Crippen LogP contribution in [-0.4, -0.2) is 35.8 Å². The number of piperidine rings is 1. The molecule has 0 bridgehead atoms. The number of methoxy groups -OCH3 is 1. The average molecular weight is 479 g/mol. The summed E-state index contributed by atoms with van der Waals surface area (Å²) in [5.41, 5.74) is 7.67. The zero-order valence-corrected chi connectivity index (χ0v) is 20.4. The van der Waals surface area contributed by atoms with Gasteiger partial charge in [0.15, 0.2) is 0 Å². The number of anilines is 1. The molecule has 1 aromatic carbocycles. The first-order chi connectivity index (χ1) is 16.3. The van der Waals surface area contributed by atoms with Gasteiger partial charge in [0.1, 0.15) is 11.6 Å². The number of nitrogens with two attached hydrogens (primary N) is 1. The lowest BCUT2D eigenvalue weighted by Crippen LogP contribution is -2.42. The normalized spacial score (nSPS) is 16.8. The van der Waals surface area contributed by atoms with Crippen LogP contribution in [0.3, 0.4) is 0 Å². The standard InChI is InChI=1S/C25H27FN5O2P/c1-30-24(32)22(15-6-7-20(33-2)21(34)13-15)23(16-4-3-5-17(14-27)19(26)12-16)29-25(30)31-10-8-18(28)9-11-31/h3-4,6-7,12-13,18H,5,8-11,28,34H2,1-2H3. The first kappa shape index (κ1) is 23.9. The van der Waals surface area contributed by atoms with Crippen molar-refractivity contribution >= 4 is 26.1 Å². The number of hydrogen-bond donors (Lipinski definition) is 1. The van der Waals surface area contributed by atoms with Gasteiger partial charge in [-0.05, 0) is 36.6 Å². The molecule has 0 radical (unpaired) electrons. The molecule has 0 spiro atoms. The van der Waals surface area contributed by atoms with Crippen LogP contribution in [0, 0.1) is 11.3 Å². The monoisotopic (exact) mass is 479 g/mol. The van der Waals surface area contributed by atoms with Gasteiger partial charge in [-0.15, -0.1) is 9.24 Å². The van der Waals surface area contributed by atoms with Crippen molar-refractivity contribution < 1.29 is 9.13 Å². The summed E-state index contributed by atoms with van der Waals surface area (Å²) in [7, 11) is 5.88. The van der Waals surface area contributed by atoms with Crippen LogP contribution >= 0.6 is 9.24 Å². The summed E-state index contributed by atoms with van der Waals surface area (Å²) in [6.45, 7) is 1.36. The van der Waals surface area contributed by atoms with Gasteiger partial charge >= 0.3 is 0 Å². The Morgan fingerprint density at radius 2 is 2.06 bits per heavy atom. The predicted octanol–water partition coefficient (Wildman–Crippen LogP) is 2.97. The topological polar surface area (TPSA) is 97.2 Å². The SMILES string of the molecule is COc1ccc(-c2c(C3=CC(F)=C(C#N)CC=C3)nc(N3CCC(N)CC3)n(C)c2=O)cc1P. The molecule has 1 unspecified atom stereocenters. The van der Waals surface area contributed by atoms with Crippen LogP contribution in [-0.2, 0) is 7.05 Å². The molecule has 176 valence electrons.